The van der Waals surface area contributed by atoms with Crippen LogP contribution in [0, 0.1) is 11.6 Å². The molecule has 4 nitrogen and oxygen atoms in total. The first-order chi connectivity index (χ1) is 11.1. The maximum Gasteiger partial charge on any atom is 0.159 e. The molecule has 7 heteroatoms. The van der Waals surface area contributed by atoms with Gasteiger partial charge in [0.1, 0.15) is 0 Å². The Morgan fingerprint density at radius 1 is 1.22 bits per heavy atom. The standard InChI is InChI=1S/C16H13BrF2N4/c1-10(20-9-11-2-3-13(18)14(19)6-11)15-7-12(8-17)22-16-4-5-21-23(15)16/h2-7,20H,1,8-9H2. The van der Waals surface area contributed by atoms with Gasteiger partial charge in [-0.15, -0.1) is 0 Å². The number of hydrogen-bond acceptors (Lipinski definition) is 3. The van der Waals surface area contributed by atoms with E-state index in [4.69, 9.17) is 0 Å². The topological polar surface area (TPSA) is 42.2 Å². The predicted molar refractivity (Wildman–Crippen MR) is 87.8 cm³/mol. The predicted octanol–water partition coefficient (Wildman–Crippen LogP) is 3.66. The monoisotopic (exact) mass is 378 g/mol. The van der Waals surface area contributed by atoms with Crippen LogP contribution in [-0.2, 0) is 11.9 Å². The van der Waals surface area contributed by atoms with Crippen LogP contribution in [0.25, 0.3) is 11.3 Å². The van der Waals surface area contributed by atoms with Crippen molar-refractivity contribution in [3.8, 4) is 0 Å². The Bertz CT molecular complexity index is 876. The molecule has 0 aliphatic carbocycles. The Hall–Kier alpha value is -2.28. The van der Waals surface area contributed by atoms with Crippen LogP contribution in [0.15, 0.2) is 43.1 Å². The molecular weight excluding hydrogens is 366 g/mol. The average Bonchev–Trinajstić information content (AvgIpc) is 3.03. The second-order valence-corrected chi connectivity index (χ2v) is 5.51. The highest BCUT2D eigenvalue weighted by Crippen LogP contribution is 2.16. The van der Waals surface area contributed by atoms with E-state index in [1.165, 1.54) is 6.07 Å². The highest BCUT2D eigenvalue weighted by molar-refractivity contribution is 9.08. The minimum Gasteiger partial charge on any atom is -0.380 e. The number of aromatic nitrogens is 3. The summed E-state index contributed by atoms with van der Waals surface area (Å²) in [6.45, 7) is 4.33. The van der Waals surface area contributed by atoms with E-state index in [0.717, 1.165) is 23.5 Å². The summed E-state index contributed by atoms with van der Waals surface area (Å²) in [5, 5.41) is 7.94. The largest absolute Gasteiger partial charge is 0.380 e. The lowest BCUT2D eigenvalue weighted by molar-refractivity contribution is 0.506. The number of nitrogens with one attached hydrogen (secondary N) is 1. The van der Waals surface area contributed by atoms with Crippen LogP contribution in [-0.4, -0.2) is 14.6 Å². The van der Waals surface area contributed by atoms with Crippen molar-refractivity contribution in [2.24, 2.45) is 0 Å². The minimum atomic E-state index is -0.866. The van der Waals surface area contributed by atoms with E-state index in [-0.39, 0.29) is 0 Å². The molecule has 3 rings (SSSR count). The molecule has 0 atom stereocenters. The second kappa shape index (κ2) is 6.45. The summed E-state index contributed by atoms with van der Waals surface area (Å²) in [6, 6.07) is 7.47. The van der Waals surface area contributed by atoms with E-state index < -0.39 is 11.6 Å². The molecule has 0 aliphatic rings. The Labute approximate surface area is 140 Å². The zero-order valence-electron chi connectivity index (χ0n) is 12.1. The van der Waals surface area contributed by atoms with Gasteiger partial charge in [0.05, 0.1) is 23.3 Å². The van der Waals surface area contributed by atoms with Gasteiger partial charge in [-0.3, -0.25) is 0 Å². The van der Waals surface area contributed by atoms with Gasteiger partial charge in [-0.2, -0.15) is 5.10 Å². The van der Waals surface area contributed by atoms with Crippen molar-refractivity contribution in [1.29, 1.82) is 0 Å². The first-order valence-corrected chi connectivity index (χ1v) is 7.97. The van der Waals surface area contributed by atoms with E-state index in [1.54, 1.807) is 16.8 Å². The lowest BCUT2D eigenvalue weighted by Gasteiger charge is -2.12. The normalized spacial score (nSPS) is 10.9. The van der Waals surface area contributed by atoms with Crippen LogP contribution in [0.5, 0.6) is 0 Å². The van der Waals surface area contributed by atoms with Crippen molar-refractivity contribution in [3.63, 3.8) is 0 Å². The highest BCUT2D eigenvalue weighted by Gasteiger charge is 2.09. The van der Waals surface area contributed by atoms with Gasteiger partial charge < -0.3 is 5.32 Å². The summed E-state index contributed by atoms with van der Waals surface area (Å²) in [7, 11) is 0. The fraction of sp³-hybridized carbons (Fsp3) is 0.125. The summed E-state index contributed by atoms with van der Waals surface area (Å²) in [5.41, 5.74) is 3.57. The van der Waals surface area contributed by atoms with Crippen molar-refractivity contribution >= 4 is 27.3 Å². The van der Waals surface area contributed by atoms with Crippen molar-refractivity contribution in [2.45, 2.75) is 11.9 Å². The molecule has 0 saturated carbocycles. The molecule has 0 amide bonds. The Balaban J connectivity index is 1.83. The Morgan fingerprint density at radius 3 is 2.78 bits per heavy atom. The van der Waals surface area contributed by atoms with E-state index in [2.05, 4.69) is 37.9 Å². The zero-order valence-corrected chi connectivity index (χ0v) is 13.6. The number of benzene rings is 1. The molecule has 0 saturated heterocycles. The molecule has 0 spiro atoms. The van der Waals surface area contributed by atoms with Gasteiger partial charge in [0.25, 0.3) is 0 Å². The van der Waals surface area contributed by atoms with E-state index in [0.29, 0.717) is 28.8 Å². The van der Waals surface area contributed by atoms with Crippen molar-refractivity contribution < 1.29 is 8.78 Å². The van der Waals surface area contributed by atoms with Crippen LogP contribution in [0.2, 0.25) is 0 Å². The lowest BCUT2D eigenvalue weighted by atomic mass is 10.2. The van der Waals surface area contributed by atoms with Gasteiger partial charge in [-0.1, -0.05) is 28.6 Å². The van der Waals surface area contributed by atoms with Crippen LogP contribution in [0.3, 0.4) is 0 Å². The van der Waals surface area contributed by atoms with Crippen molar-refractivity contribution in [3.05, 3.63) is 71.7 Å². The maximum absolute atomic E-state index is 13.2. The molecule has 0 aliphatic heterocycles. The number of hydrogen-bond donors (Lipinski definition) is 1. The molecule has 0 fully saturated rings. The molecule has 0 bridgehead atoms. The van der Waals surface area contributed by atoms with Crippen LogP contribution < -0.4 is 5.32 Å². The van der Waals surface area contributed by atoms with Crippen LogP contribution in [0.4, 0.5) is 8.78 Å². The van der Waals surface area contributed by atoms with E-state index >= 15 is 0 Å². The highest BCUT2D eigenvalue weighted by atomic mass is 79.9. The van der Waals surface area contributed by atoms with Gasteiger partial charge in [0.15, 0.2) is 17.3 Å². The summed E-state index contributed by atoms with van der Waals surface area (Å²) in [6.07, 6.45) is 1.66. The Morgan fingerprint density at radius 2 is 2.04 bits per heavy atom. The summed E-state index contributed by atoms with van der Waals surface area (Å²) in [4.78, 5) is 4.43. The average molecular weight is 379 g/mol. The van der Waals surface area contributed by atoms with E-state index in [1.807, 2.05) is 6.07 Å². The quantitative estimate of drug-likeness (QED) is 0.688. The SMILES string of the molecule is C=C(NCc1ccc(F)c(F)c1)c1cc(CBr)nc2ccnn12. The third kappa shape index (κ3) is 3.24. The molecular formula is C16H13BrF2N4. The second-order valence-electron chi connectivity index (χ2n) is 4.95. The molecule has 23 heavy (non-hydrogen) atoms. The smallest absolute Gasteiger partial charge is 0.159 e. The first kappa shape index (κ1) is 15.6. The Kier molecular flexibility index (Phi) is 4.38. The molecule has 118 valence electrons. The third-order valence-electron chi connectivity index (χ3n) is 3.35. The number of fused-ring (bicyclic) bond motifs is 1. The molecule has 1 N–H and O–H groups in total. The number of alkyl halides is 1. The van der Waals surface area contributed by atoms with Gasteiger partial charge >= 0.3 is 0 Å². The molecule has 2 aromatic heterocycles. The lowest BCUT2D eigenvalue weighted by Crippen LogP contribution is -2.15. The van der Waals surface area contributed by atoms with Crippen molar-refractivity contribution in [1.82, 2.24) is 19.9 Å². The third-order valence-corrected chi connectivity index (χ3v) is 3.92. The van der Waals surface area contributed by atoms with E-state index in [9.17, 15) is 8.78 Å². The van der Waals surface area contributed by atoms with Crippen LogP contribution in [0.1, 0.15) is 17.0 Å². The van der Waals surface area contributed by atoms with Gasteiger partial charge in [-0.25, -0.2) is 18.3 Å². The molecule has 0 radical (unpaired) electrons. The zero-order chi connectivity index (χ0) is 16.4. The van der Waals surface area contributed by atoms with Crippen molar-refractivity contribution in [2.75, 3.05) is 0 Å². The van der Waals surface area contributed by atoms with Gasteiger partial charge in [0, 0.05) is 17.9 Å². The number of halogens is 3. The summed E-state index contributed by atoms with van der Waals surface area (Å²) >= 11 is 3.39. The number of nitrogens with zero attached hydrogens (tertiary/aromatic N) is 3. The van der Waals surface area contributed by atoms with Gasteiger partial charge in [0.2, 0.25) is 0 Å². The maximum atomic E-state index is 13.2. The van der Waals surface area contributed by atoms with Crippen LogP contribution >= 0.6 is 15.9 Å². The fourth-order valence-corrected chi connectivity index (χ4v) is 2.48. The molecule has 1 aromatic carbocycles. The minimum absolute atomic E-state index is 0.324. The molecule has 0 unspecified atom stereocenters. The number of rotatable bonds is 5. The van der Waals surface area contributed by atoms with Gasteiger partial charge in [-0.05, 0) is 23.8 Å². The molecule has 3 aromatic rings. The molecule has 2 heterocycles. The summed E-state index contributed by atoms with van der Waals surface area (Å²) < 4.78 is 27.9. The first-order valence-electron chi connectivity index (χ1n) is 6.85. The summed E-state index contributed by atoms with van der Waals surface area (Å²) in [5.74, 6) is -1.73. The fourth-order valence-electron chi connectivity index (χ4n) is 2.20.